The second-order valence-corrected chi connectivity index (χ2v) is 10.3. The second kappa shape index (κ2) is 15.3. The standard InChI is InChI=1S/C30H34F2N6O5/c1-42-19-38(25(39)7-4-14-37-15-10-20(11-16-37)24-6-2-3-13-34-24)28-26(29(40)43-17-5-12-33)27(35-30(41)36-28)21-8-9-22(31)23(32)18-21/h2-3,6,8-9,13,18,20,26-27H,4-5,7,10-11,14-17,19H2,1H3,(H,35,41). The second-order valence-electron chi connectivity index (χ2n) is 10.3. The van der Waals surface area contributed by atoms with Gasteiger partial charge in [-0.25, -0.2) is 13.6 Å². The Morgan fingerprint density at radius 1 is 1.19 bits per heavy atom. The maximum Gasteiger partial charge on any atom is 0.343 e. The van der Waals surface area contributed by atoms with Gasteiger partial charge in [-0.15, -0.1) is 0 Å². The van der Waals surface area contributed by atoms with E-state index in [0.717, 1.165) is 48.7 Å². The fraction of sp³-hybridized carbons (Fsp3) is 0.467. The summed E-state index contributed by atoms with van der Waals surface area (Å²) in [6.45, 7) is 1.86. The van der Waals surface area contributed by atoms with Crippen molar-refractivity contribution in [2.24, 2.45) is 10.9 Å². The van der Waals surface area contributed by atoms with Crippen LogP contribution in [0.5, 0.6) is 0 Å². The number of benzene rings is 1. The largest absolute Gasteiger partial charge is 0.464 e. The number of rotatable bonds is 11. The van der Waals surface area contributed by atoms with Gasteiger partial charge < -0.3 is 19.7 Å². The fourth-order valence-electron chi connectivity index (χ4n) is 5.36. The van der Waals surface area contributed by atoms with Crippen molar-refractivity contribution < 1.29 is 32.6 Å². The molecule has 1 saturated heterocycles. The number of methoxy groups -OCH3 is 1. The molecule has 13 heteroatoms. The van der Waals surface area contributed by atoms with E-state index < -0.39 is 41.5 Å². The molecule has 2 unspecified atom stereocenters. The first kappa shape index (κ1) is 31.7. The molecule has 0 aliphatic carbocycles. The monoisotopic (exact) mass is 596 g/mol. The lowest BCUT2D eigenvalue weighted by molar-refractivity contribution is -0.147. The molecule has 1 N–H and O–H groups in total. The number of carbonyl (C=O) groups is 3. The molecule has 2 aromatic rings. The molecule has 2 aliphatic rings. The molecule has 1 aromatic heterocycles. The van der Waals surface area contributed by atoms with Crippen molar-refractivity contribution in [2.75, 3.05) is 40.1 Å². The van der Waals surface area contributed by atoms with Crippen LogP contribution < -0.4 is 5.32 Å². The lowest BCUT2D eigenvalue weighted by atomic mass is 9.89. The predicted molar refractivity (Wildman–Crippen MR) is 150 cm³/mol. The number of halogens is 2. The quantitative estimate of drug-likeness (QED) is 0.236. The van der Waals surface area contributed by atoms with Crippen molar-refractivity contribution in [3.63, 3.8) is 0 Å². The SMILES string of the molecule is COCN(C(=O)CCCN1CCC(c2ccccn2)CC1)C1=NC(=O)NC(c2ccc(F)c(F)c2)C1C(=O)OCCC#N. The molecule has 0 radical (unpaired) electrons. The summed E-state index contributed by atoms with van der Waals surface area (Å²) < 4.78 is 38.3. The third-order valence-electron chi connectivity index (χ3n) is 7.52. The first-order valence-corrected chi connectivity index (χ1v) is 14.1. The van der Waals surface area contributed by atoms with E-state index in [4.69, 9.17) is 14.7 Å². The molecule has 0 bridgehead atoms. The van der Waals surface area contributed by atoms with Crippen molar-refractivity contribution in [1.82, 2.24) is 20.1 Å². The number of urea groups is 1. The molecule has 2 aliphatic heterocycles. The van der Waals surface area contributed by atoms with Gasteiger partial charge in [0.2, 0.25) is 5.91 Å². The van der Waals surface area contributed by atoms with E-state index in [-0.39, 0.29) is 37.6 Å². The van der Waals surface area contributed by atoms with E-state index in [9.17, 15) is 23.2 Å². The van der Waals surface area contributed by atoms with Gasteiger partial charge in [-0.1, -0.05) is 12.1 Å². The number of hydrogen-bond donors (Lipinski definition) is 1. The zero-order valence-electron chi connectivity index (χ0n) is 23.9. The third-order valence-corrected chi connectivity index (χ3v) is 7.52. The lowest BCUT2D eigenvalue weighted by Crippen LogP contribution is -2.53. The summed E-state index contributed by atoms with van der Waals surface area (Å²) >= 11 is 0. The third kappa shape index (κ3) is 8.18. The Morgan fingerprint density at radius 3 is 2.65 bits per heavy atom. The van der Waals surface area contributed by atoms with Crippen LogP contribution in [-0.4, -0.2) is 78.6 Å². The molecule has 43 heavy (non-hydrogen) atoms. The van der Waals surface area contributed by atoms with Crippen LogP contribution in [0.25, 0.3) is 0 Å². The molecule has 4 rings (SSSR count). The number of nitrogens with one attached hydrogen (secondary N) is 1. The number of nitrogens with zero attached hydrogens (tertiary/aromatic N) is 5. The maximum atomic E-state index is 14.2. The molecule has 1 aromatic carbocycles. The van der Waals surface area contributed by atoms with Crippen molar-refractivity contribution in [3.05, 3.63) is 65.5 Å². The predicted octanol–water partition coefficient (Wildman–Crippen LogP) is 3.69. The maximum absolute atomic E-state index is 14.2. The average molecular weight is 597 g/mol. The molecule has 228 valence electrons. The summed E-state index contributed by atoms with van der Waals surface area (Å²) in [5.74, 6) is -4.84. The molecule has 3 amide bonds. The van der Waals surface area contributed by atoms with Crippen molar-refractivity contribution >= 4 is 23.7 Å². The highest BCUT2D eigenvalue weighted by molar-refractivity contribution is 6.13. The average Bonchev–Trinajstić information content (AvgIpc) is 3.01. The Balaban J connectivity index is 1.47. The number of ether oxygens (including phenoxy) is 2. The van der Waals surface area contributed by atoms with Crippen LogP contribution in [0.4, 0.5) is 13.6 Å². The number of piperidine rings is 1. The first-order chi connectivity index (χ1) is 20.8. The molecular weight excluding hydrogens is 562 g/mol. The van der Waals surface area contributed by atoms with E-state index in [1.54, 1.807) is 6.20 Å². The summed E-state index contributed by atoms with van der Waals surface area (Å²) in [7, 11) is 1.35. The first-order valence-electron chi connectivity index (χ1n) is 14.1. The van der Waals surface area contributed by atoms with Gasteiger partial charge in [0.1, 0.15) is 25.1 Å². The van der Waals surface area contributed by atoms with Gasteiger partial charge in [-0.05, 0) is 68.7 Å². The van der Waals surface area contributed by atoms with Gasteiger partial charge in [0, 0.05) is 31.3 Å². The van der Waals surface area contributed by atoms with Crippen LogP contribution in [0, 0.1) is 28.9 Å². The van der Waals surface area contributed by atoms with E-state index >= 15 is 0 Å². The number of likely N-dealkylation sites (tertiary alicyclic amines) is 1. The number of hydrogen-bond acceptors (Lipinski definition) is 8. The molecule has 0 saturated carbocycles. The summed E-state index contributed by atoms with van der Waals surface area (Å²) in [6, 6.07) is 8.65. The Morgan fingerprint density at radius 2 is 1.98 bits per heavy atom. The number of nitriles is 1. The van der Waals surface area contributed by atoms with Crippen molar-refractivity contribution in [2.45, 2.75) is 44.1 Å². The highest BCUT2D eigenvalue weighted by Gasteiger charge is 2.44. The van der Waals surface area contributed by atoms with Gasteiger partial charge in [-0.3, -0.25) is 19.5 Å². The summed E-state index contributed by atoms with van der Waals surface area (Å²) in [5, 5.41) is 11.4. The number of pyridine rings is 1. The Labute approximate surface area is 248 Å². The number of aliphatic imine (C=N–C) groups is 1. The van der Waals surface area contributed by atoms with Gasteiger partial charge >= 0.3 is 12.0 Å². The summed E-state index contributed by atoms with van der Waals surface area (Å²) in [5.41, 5.74) is 1.16. The summed E-state index contributed by atoms with van der Waals surface area (Å²) in [6.07, 6.45) is 4.23. The number of amidine groups is 1. The minimum Gasteiger partial charge on any atom is -0.464 e. The fourth-order valence-corrected chi connectivity index (χ4v) is 5.36. The molecular formula is C30H34F2N6O5. The van der Waals surface area contributed by atoms with Crippen LogP contribution in [0.15, 0.2) is 47.6 Å². The topological polar surface area (TPSA) is 137 Å². The number of amides is 3. The Kier molecular flexibility index (Phi) is 11.2. The van der Waals surface area contributed by atoms with Crippen LogP contribution in [0.1, 0.15) is 55.3 Å². The molecule has 3 heterocycles. The van der Waals surface area contributed by atoms with E-state index in [2.05, 4.69) is 20.2 Å². The zero-order chi connectivity index (χ0) is 30.8. The van der Waals surface area contributed by atoms with Crippen LogP contribution in [-0.2, 0) is 19.1 Å². The van der Waals surface area contributed by atoms with Crippen LogP contribution in [0.2, 0.25) is 0 Å². The Hall–Kier alpha value is -4.28. The van der Waals surface area contributed by atoms with Crippen LogP contribution in [0.3, 0.4) is 0 Å². The highest BCUT2D eigenvalue weighted by Crippen LogP contribution is 2.31. The highest BCUT2D eigenvalue weighted by atomic mass is 19.2. The van der Waals surface area contributed by atoms with Crippen LogP contribution >= 0.6 is 0 Å². The number of esters is 1. The number of aromatic nitrogens is 1. The van der Waals surface area contributed by atoms with Gasteiger partial charge in [-0.2, -0.15) is 10.3 Å². The van der Waals surface area contributed by atoms with Gasteiger partial charge in [0.05, 0.1) is 18.5 Å². The van der Waals surface area contributed by atoms with Crippen molar-refractivity contribution in [3.8, 4) is 6.07 Å². The minimum atomic E-state index is -1.40. The van der Waals surface area contributed by atoms with Gasteiger partial charge in [0.25, 0.3) is 0 Å². The Bertz CT molecular complexity index is 1360. The zero-order valence-corrected chi connectivity index (χ0v) is 23.9. The minimum absolute atomic E-state index is 0.0702. The lowest BCUT2D eigenvalue weighted by Gasteiger charge is -2.35. The molecule has 1 fully saturated rings. The van der Waals surface area contributed by atoms with E-state index in [1.807, 2.05) is 24.3 Å². The molecule has 11 nitrogen and oxygen atoms in total. The van der Waals surface area contributed by atoms with E-state index in [0.29, 0.717) is 18.9 Å². The smallest absolute Gasteiger partial charge is 0.343 e. The van der Waals surface area contributed by atoms with Crippen molar-refractivity contribution in [1.29, 1.82) is 5.26 Å². The van der Waals surface area contributed by atoms with E-state index in [1.165, 1.54) is 13.2 Å². The summed E-state index contributed by atoms with van der Waals surface area (Å²) in [4.78, 5) is 51.2. The normalized spacial score (nSPS) is 19.2. The molecule has 0 spiro atoms. The van der Waals surface area contributed by atoms with Gasteiger partial charge in [0.15, 0.2) is 11.6 Å². The number of carbonyl (C=O) groups excluding carboxylic acids is 3. The molecule has 2 atom stereocenters.